The Morgan fingerprint density at radius 1 is 1.00 bits per heavy atom. The quantitative estimate of drug-likeness (QED) is 0.687. The van der Waals surface area contributed by atoms with Crippen molar-refractivity contribution >= 4 is 24.1 Å². The minimum Gasteiger partial charge on any atom is -0.507 e. The SMILES string of the molecule is O=C(O)C=Cc1ccc(O)c(C=CC(=O)O)c1. The summed E-state index contributed by atoms with van der Waals surface area (Å²) >= 11 is 0. The zero-order chi connectivity index (χ0) is 12.8. The van der Waals surface area contributed by atoms with Crippen molar-refractivity contribution < 1.29 is 24.9 Å². The van der Waals surface area contributed by atoms with Crippen molar-refractivity contribution in [2.75, 3.05) is 0 Å². The fraction of sp³-hybridized carbons (Fsp3) is 0. The molecule has 0 unspecified atom stereocenters. The van der Waals surface area contributed by atoms with Crippen molar-refractivity contribution in [1.82, 2.24) is 0 Å². The first-order chi connectivity index (χ1) is 7.99. The molecule has 5 heteroatoms. The van der Waals surface area contributed by atoms with Crippen LogP contribution in [0.5, 0.6) is 5.75 Å². The fourth-order valence-electron chi connectivity index (χ4n) is 1.14. The average molecular weight is 234 g/mol. The molecule has 0 aliphatic rings. The highest BCUT2D eigenvalue weighted by molar-refractivity contribution is 5.87. The van der Waals surface area contributed by atoms with Gasteiger partial charge >= 0.3 is 11.9 Å². The molecule has 88 valence electrons. The Bertz CT molecular complexity index is 500. The van der Waals surface area contributed by atoms with Crippen LogP contribution in [-0.4, -0.2) is 27.3 Å². The lowest BCUT2D eigenvalue weighted by molar-refractivity contribution is -0.132. The summed E-state index contributed by atoms with van der Waals surface area (Å²) < 4.78 is 0. The molecule has 0 atom stereocenters. The third-order valence-corrected chi connectivity index (χ3v) is 1.88. The molecule has 3 N–H and O–H groups in total. The van der Waals surface area contributed by atoms with E-state index in [1.54, 1.807) is 0 Å². The molecule has 17 heavy (non-hydrogen) atoms. The maximum absolute atomic E-state index is 10.3. The summed E-state index contributed by atoms with van der Waals surface area (Å²) in [5.74, 6) is -2.29. The van der Waals surface area contributed by atoms with Crippen LogP contribution in [0.4, 0.5) is 0 Å². The third kappa shape index (κ3) is 4.21. The Morgan fingerprint density at radius 2 is 1.59 bits per heavy atom. The van der Waals surface area contributed by atoms with E-state index in [0.717, 1.165) is 12.2 Å². The van der Waals surface area contributed by atoms with Gasteiger partial charge in [0.25, 0.3) is 0 Å². The van der Waals surface area contributed by atoms with Crippen molar-refractivity contribution in [3.8, 4) is 5.75 Å². The summed E-state index contributed by atoms with van der Waals surface area (Å²) in [6.45, 7) is 0. The number of phenols is 1. The number of phenolic OH excluding ortho intramolecular Hbond substituents is 1. The predicted molar refractivity (Wildman–Crippen MR) is 61.4 cm³/mol. The van der Waals surface area contributed by atoms with Crippen molar-refractivity contribution in [2.24, 2.45) is 0 Å². The number of rotatable bonds is 4. The molecule has 0 amide bonds. The number of hydrogen-bond acceptors (Lipinski definition) is 3. The van der Waals surface area contributed by atoms with Gasteiger partial charge in [-0.15, -0.1) is 0 Å². The Balaban J connectivity index is 3.02. The minimum atomic E-state index is -1.13. The maximum Gasteiger partial charge on any atom is 0.328 e. The second-order valence-corrected chi connectivity index (χ2v) is 3.16. The Kier molecular flexibility index (Phi) is 4.05. The van der Waals surface area contributed by atoms with Crippen molar-refractivity contribution in [3.63, 3.8) is 0 Å². The topological polar surface area (TPSA) is 94.8 Å². The zero-order valence-corrected chi connectivity index (χ0v) is 8.70. The number of aromatic hydroxyl groups is 1. The zero-order valence-electron chi connectivity index (χ0n) is 8.70. The fourth-order valence-corrected chi connectivity index (χ4v) is 1.14. The first-order valence-electron chi connectivity index (χ1n) is 4.64. The van der Waals surface area contributed by atoms with E-state index in [-0.39, 0.29) is 5.75 Å². The maximum atomic E-state index is 10.3. The number of carboxylic acid groups (broad SMARTS) is 2. The minimum absolute atomic E-state index is 0.0741. The van der Waals surface area contributed by atoms with Crippen LogP contribution in [0.1, 0.15) is 11.1 Å². The molecule has 0 heterocycles. The predicted octanol–water partition coefficient (Wildman–Crippen LogP) is 1.59. The Labute approximate surface area is 96.9 Å². The summed E-state index contributed by atoms with van der Waals surface area (Å²) in [5, 5.41) is 26.3. The molecule has 0 bridgehead atoms. The third-order valence-electron chi connectivity index (χ3n) is 1.88. The Morgan fingerprint density at radius 3 is 2.18 bits per heavy atom. The molecule has 0 aliphatic carbocycles. The van der Waals surface area contributed by atoms with E-state index in [9.17, 15) is 14.7 Å². The van der Waals surface area contributed by atoms with Gasteiger partial charge in [0.05, 0.1) is 0 Å². The van der Waals surface area contributed by atoms with Gasteiger partial charge in [0.1, 0.15) is 5.75 Å². The molecule has 0 spiro atoms. The van der Waals surface area contributed by atoms with Gasteiger partial charge in [-0.3, -0.25) is 0 Å². The summed E-state index contributed by atoms with van der Waals surface area (Å²) in [6, 6.07) is 4.37. The molecule has 0 fully saturated rings. The lowest BCUT2D eigenvalue weighted by Gasteiger charge is -2.00. The van der Waals surface area contributed by atoms with Crippen LogP contribution in [0.2, 0.25) is 0 Å². The largest absolute Gasteiger partial charge is 0.507 e. The Hall–Kier alpha value is -2.56. The second-order valence-electron chi connectivity index (χ2n) is 3.16. The first kappa shape index (κ1) is 12.5. The van der Waals surface area contributed by atoms with Gasteiger partial charge in [-0.1, -0.05) is 6.07 Å². The summed E-state index contributed by atoms with van der Waals surface area (Å²) in [5.41, 5.74) is 0.857. The number of aliphatic carboxylic acids is 2. The molecule has 0 saturated carbocycles. The van der Waals surface area contributed by atoms with Crippen LogP contribution in [0.25, 0.3) is 12.2 Å². The molecule has 5 nitrogen and oxygen atoms in total. The van der Waals surface area contributed by atoms with Crippen LogP contribution in [0, 0.1) is 0 Å². The van der Waals surface area contributed by atoms with Crippen molar-refractivity contribution in [1.29, 1.82) is 0 Å². The number of benzene rings is 1. The first-order valence-corrected chi connectivity index (χ1v) is 4.64. The summed E-state index contributed by atoms with van der Waals surface area (Å²) in [4.78, 5) is 20.6. The van der Waals surface area contributed by atoms with Crippen molar-refractivity contribution in [2.45, 2.75) is 0 Å². The highest BCUT2D eigenvalue weighted by atomic mass is 16.4. The molecule has 1 aromatic carbocycles. The number of carboxylic acids is 2. The van der Waals surface area contributed by atoms with Gasteiger partial charge in [0, 0.05) is 17.7 Å². The van der Waals surface area contributed by atoms with Crippen LogP contribution in [-0.2, 0) is 9.59 Å². The molecule has 1 rings (SSSR count). The molecule has 0 saturated heterocycles. The van der Waals surface area contributed by atoms with E-state index in [4.69, 9.17) is 10.2 Å². The van der Waals surface area contributed by atoms with Crippen molar-refractivity contribution in [3.05, 3.63) is 41.5 Å². The van der Waals surface area contributed by atoms with E-state index < -0.39 is 11.9 Å². The van der Waals surface area contributed by atoms with E-state index in [2.05, 4.69) is 0 Å². The van der Waals surface area contributed by atoms with Crippen LogP contribution in [0.3, 0.4) is 0 Å². The molecular weight excluding hydrogens is 224 g/mol. The summed E-state index contributed by atoms with van der Waals surface area (Å²) in [6.07, 6.45) is 4.42. The normalized spacial score (nSPS) is 11.1. The molecule has 0 aliphatic heterocycles. The van der Waals surface area contributed by atoms with Gasteiger partial charge in [0.15, 0.2) is 0 Å². The standard InChI is InChI=1S/C12H10O5/c13-10-4-1-8(2-5-11(14)15)7-9(10)3-6-12(16)17/h1-7,13H,(H,14,15)(H,16,17). The van der Waals surface area contributed by atoms with E-state index in [1.807, 2.05) is 0 Å². The van der Waals surface area contributed by atoms with Crippen LogP contribution < -0.4 is 0 Å². The van der Waals surface area contributed by atoms with Gasteiger partial charge in [0.2, 0.25) is 0 Å². The summed E-state index contributed by atoms with van der Waals surface area (Å²) in [7, 11) is 0. The monoisotopic (exact) mass is 234 g/mol. The lowest BCUT2D eigenvalue weighted by atomic mass is 10.1. The molecule has 0 aromatic heterocycles. The van der Waals surface area contributed by atoms with Crippen LogP contribution in [0.15, 0.2) is 30.4 Å². The number of carbonyl (C=O) groups is 2. The second kappa shape index (κ2) is 5.50. The molecule has 1 aromatic rings. The average Bonchev–Trinajstić information content (AvgIpc) is 2.26. The smallest absolute Gasteiger partial charge is 0.328 e. The molecular formula is C12H10O5. The molecule has 0 radical (unpaired) electrons. The van der Waals surface area contributed by atoms with Gasteiger partial charge in [-0.05, 0) is 29.8 Å². The number of hydrogen-bond donors (Lipinski definition) is 3. The van der Waals surface area contributed by atoms with Crippen LogP contribution >= 0.6 is 0 Å². The van der Waals surface area contributed by atoms with Gasteiger partial charge in [-0.25, -0.2) is 9.59 Å². The van der Waals surface area contributed by atoms with E-state index in [1.165, 1.54) is 30.4 Å². The van der Waals surface area contributed by atoms with E-state index in [0.29, 0.717) is 11.1 Å². The van der Waals surface area contributed by atoms with Gasteiger partial charge in [-0.2, -0.15) is 0 Å². The highest BCUT2D eigenvalue weighted by Crippen LogP contribution is 2.20. The van der Waals surface area contributed by atoms with Gasteiger partial charge < -0.3 is 15.3 Å². The van der Waals surface area contributed by atoms with E-state index >= 15 is 0 Å². The highest BCUT2D eigenvalue weighted by Gasteiger charge is 1.99. The lowest BCUT2D eigenvalue weighted by Crippen LogP contribution is -1.87.